The molecule has 0 bridgehead atoms. The van der Waals surface area contributed by atoms with E-state index in [0.717, 1.165) is 12.8 Å². The molecule has 92 valence electrons. The Morgan fingerprint density at radius 1 is 1.40 bits per heavy atom. The maximum atomic E-state index is 11.6. The third-order valence-electron chi connectivity index (χ3n) is 2.03. The van der Waals surface area contributed by atoms with Crippen LogP contribution in [0.2, 0.25) is 0 Å². The van der Waals surface area contributed by atoms with E-state index in [1.54, 1.807) is 13.8 Å². The summed E-state index contributed by atoms with van der Waals surface area (Å²) < 4.78 is 25.7. The SMILES string of the molecule is CCCC(C)CS(=O)(=O)NCC(C)(C)N. The predicted molar refractivity (Wildman–Crippen MR) is 64.1 cm³/mol. The van der Waals surface area contributed by atoms with E-state index >= 15 is 0 Å². The van der Waals surface area contributed by atoms with Crippen LogP contribution in [0.15, 0.2) is 0 Å². The molecule has 5 heteroatoms. The van der Waals surface area contributed by atoms with Gasteiger partial charge in [-0.25, -0.2) is 13.1 Å². The van der Waals surface area contributed by atoms with E-state index in [9.17, 15) is 8.42 Å². The second kappa shape index (κ2) is 5.82. The van der Waals surface area contributed by atoms with Crippen molar-refractivity contribution in [3.05, 3.63) is 0 Å². The Hall–Kier alpha value is -0.130. The van der Waals surface area contributed by atoms with Crippen molar-refractivity contribution in [2.45, 2.75) is 46.1 Å². The minimum Gasteiger partial charge on any atom is -0.324 e. The molecule has 0 fully saturated rings. The molecule has 0 aliphatic heterocycles. The lowest BCUT2D eigenvalue weighted by Crippen LogP contribution is -2.46. The first kappa shape index (κ1) is 14.9. The molecule has 0 aliphatic carbocycles. The van der Waals surface area contributed by atoms with Crippen molar-refractivity contribution in [1.82, 2.24) is 4.72 Å². The smallest absolute Gasteiger partial charge is 0.211 e. The summed E-state index contributed by atoms with van der Waals surface area (Å²) >= 11 is 0. The lowest BCUT2D eigenvalue weighted by Gasteiger charge is -2.20. The molecule has 1 atom stereocenters. The van der Waals surface area contributed by atoms with Crippen LogP contribution in [0.25, 0.3) is 0 Å². The van der Waals surface area contributed by atoms with Crippen LogP contribution in [-0.2, 0) is 10.0 Å². The molecule has 0 aromatic heterocycles. The standard InChI is InChI=1S/C10H24N2O2S/c1-5-6-9(2)7-15(13,14)12-8-10(3,4)11/h9,12H,5-8,11H2,1-4H3. The molecule has 0 radical (unpaired) electrons. The van der Waals surface area contributed by atoms with E-state index in [2.05, 4.69) is 11.6 Å². The first-order chi connectivity index (χ1) is 6.66. The molecule has 0 aromatic carbocycles. The van der Waals surface area contributed by atoms with Gasteiger partial charge in [-0.3, -0.25) is 0 Å². The van der Waals surface area contributed by atoms with Crippen molar-refractivity contribution in [1.29, 1.82) is 0 Å². The molecular weight excluding hydrogens is 212 g/mol. The molecule has 15 heavy (non-hydrogen) atoms. The number of nitrogens with two attached hydrogens (primary N) is 1. The monoisotopic (exact) mass is 236 g/mol. The minimum absolute atomic E-state index is 0.191. The van der Waals surface area contributed by atoms with Gasteiger partial charge in [-0.15, -0.1) is 0 Å². The molecule has 0 aliphatic rings. The van der Waals surface area contributed by atoms with Crippen LogP contribution in [0.5, 0.6) is 0 Å². The summed E-state index contributed by atoms with van der Waals surface area (Å²) in [7, 11) is -3.17. The van der Waals surface area contributed by atoms with Gasteiger partial charge < -0.3 is 5.73 Å². The summed E-state index contributed by atoms with van der Waals surface area (Å²) in [4.78, 5) is 0. The van der Waals surface area contributed by atoms with Gasteiger partial charge in [0.05, 0.1) is 5.75 Å². The second-order valence-corrected chi connectivity index (χ2v) is 6.84. The third-order valence-corrected chi connectivity index (χ3v) is 3.63. The van der Waals surface area contributed by atoms with Gasteiger partial charge in [0.25, 0.3) is 0 Å². The molecule has 0 aromatic rings. The summed E-state index contributed by atoms with van der Waals surface area (Å²) in [6, 6.07) is 0. The third kappa shape index (κ3) is 8.84. The lowest BCUT2D eigenvalue weighted by molar-refractivity contribution is 0.489. The Morgan fingerprint density at radius 2 is 1.93 bits per heavy atom. The van der Waals surface area contributed by atoms with Crippen molar-refractivity contribution in [3.8, 4) is 0 Å². The fourth-order valence-corrected chi connectivity index (χ4v) is 2.93. The zero-order valence-corrected chi connectivity index (χ0v) is 11.0. The van der Waals surface area contributed by atoms with Crippen LogP contribution in [0.4, 0.5) is 0 Å². The molecule has 0 saturated carbocycles. The van der Waals surface area contributed by atoms with Gasteiger partial charge in [0.1, 0.15) is 0 Å². The highest BCUT2D eigenvalue weighted by Gasteiger charge is 2.18. The maximum absolute atomic E-state index is 11.6. The predicted octanol–water partition coefficient (Wildman–Crippen LogP) is 1.08. The normalized spacial score (nSPS) is 15.3. The summed E-state index contributed by atoms with van der Waals surface area (Å²) in [5.41, 5.74) is 5.21. The first-order valence-electron chi connectivity index (χ1n) is 5.42. The van der Waals surface area contributed by atoms with E-state index in [1.165, 1.54) is 0 Å². The molecule has 0 heterocycles. The highest BCUT2D eigenvalue weighted by Crippen LogP contribution is 2.07. The first-order valence-corrected chi connectivity index (χ1v) is 7.08. The van der Waals surface area contributed by atoms with Gasteiger partial charge in [0.2, 0.25) is 10.0 Å². The Labute approximate surface area is 93.7 Å². The van der Waals surface area contributed by atoms with E-state index in [0.29, 0.717) is 0 Å². The Bertz CT molecular complexity index is 268. The van der Waals surface area contributed by atoms with Crippen molar-refractivity contribution < 1.29 is 8.42 Å². The molecule has 0 saturated heterocycles. The molecule has 4 nitrogen and oxygen atoms in total. The van der Waals surface area contributed by atoms with Gasteiger partial charge in [0.15, 0.2) is 0 Å². The van der Waals surface area contributed by atoms with Crippen LogP contribution >= 0.6 is 0 Å². The van der Waals surface area contributed by atoms with Gasteiger partial charge in [0, 0.05) is 12.1 Å². The quantitative estimate of drug-likeness (QED) is 0.695. The van der Waals surface area contributed by atoms with Crippen LogP contribution in [-0.4, -0.2) is 26.3 Å². The summed E-state index contributed by atoms with van der Waals surface area (Å²) in [5.74, 6) is 0.394. The number of sulfonamides is 1. The van der Waals surface area contributed by atoms with Crippen LogP contribution < -0.4 is 10.5 Å². The minimum atomic E-state index is -3.17. The maximum Gasteiger partial charge on any atom is 0.211 e. The van der Waals surface area contributed by atoms with Crippen LogP contribution in [0, 0.1) is 5.92 Å². The largest absolute Gasteiger partial charge is 0.324 e. The van der Waals surface area contributed by atoms with E-state index < -0.39 is 15.6 Å². The van der Waals surface area contributed by atoms with Gasteiger partial charge in [-0.05, 0) is 26.2 Å². The van der Waals surface area contributed by atoms with Crippen LogP contribution in [0.3, 0.4) is 0 Å². The van der Waals surface area contributed by atoms with Crippen LogP contribution in [0.1, 0.15) is 40.5 Å². The van der Waals surface area contributed by atoms with Gasteiger partial charge >= 0.3 is 0 Å². The van der Waals surface area contributed by atoms with Crippen molar-refractivity contribution >= 4 is 10.0 Å². The highest BCUT2D eigenvalue weighted by atomic mass is 32.2. The molecule has 0 amide bonds. The summed E-state index contributed by atoms with van der Waals surface area (Å²) in [6.45, 7) is 7.89. The Morgan fingerprint density at radius 3 is 2.33 bits per heavy atom. The number of hydrogen-bond donors (Lipinski definition) is 2. The van der Waals surface area contributed by atoms with Gasteiger partial charge in [-0.2, -0.15) is 0 Å². The molecule has 1 unspecified atom stereocenters. The van der Waals surface area contributed by atoms with E-state index in [-0.39, 0.29) is 18.2 Å². The topological polar surface area (TPSA) is 72.2 Å². The Balaban J connectivity index is 4.09. The second-order valence-electron chi connectivity index (χ2n) is 4.98. The lowest BCUT2D eigenvalue weighted by atomic mass is 10.1. The summed E-state index contributed by atoms with van der Waals surface area (Å²) in [6.07, 6.45) is 1.95. The van der Waals surface area contributed by atoms with Gasteiger partial charge in [-0.1, -0.05) is 20.3 Å². The summed E-state index contributed by atoms with van der Waals surface area (Å²) in [5, 5.41) is 0. The average molecular weight is 236 g/mol. The molecular formula is C10H24N2O2S. The fraction of sp³-hybridized carbons (Fsp3) is 1.00. The van der Waals surface area contributed by atoms with Crippen molar-refractivity contribution in [2.24, 2.45) is 11.7 Å². The van der Waals surface area contributed by atoms with Crippen molar-refractivity contribution in [3.63, 3.8) is 0 Å². The zero-order valence-electron chi connectivity index (χ0n) is 10.2. The number of nitrogens with one attached hydrogen (secondary N) is 1. The average Bonchev–Trinajstić information content (AvgIpc) is 1.99. The molecule has 3 N–H and O–H groups in total. The fourth-order valence-electron chi connectivity index (χ4n) is 1.31. The molecule has 0 rings (SSSR count). The molecule has 0 spiro atoms. The Kier molecular flexibility index (Phi) is 5.77. The zero-order chi connectivity index (χ0) is 12.1. The van der Waals surface area contributed by atoms with Crippen molar-refractivity contribution in [2.75, 3.05) is 12.3 Å². The highest BCUT2D eigenvalue weighted by molar-refractivity contribution is 7.89. The van der Waals surface area contributed by atoms with E-state index in [1.807, 2.05) is 6.92 Å². The number of rotatable bonds is 7. The number of hydrogen-bond acceptors (Lipinski definition) is 3. The van der Waals surface area contributed by atoms with E-state index in [4.69, 9.17) is 5.73 Å².